The normalized spacial score (nSPS) is 14.2. The minimum Gasteiger partial charge on any atom is -0.493 e. The summed E-state index contributed by atoms with van der Waals surface area (Å²) in [4.78, 5) is 23.1. The first kappa shape index (κ1) is 20.7. The number of ether oxygens (including phenoxy) is 2. The van der Waals surface area contributed by atoms with Crippen LogP contribution >= 0.6 is 0 Å². The van der Waals surface area contributed by atoms with Gasteiger partial charge in [-0.05, 0) is 55.0 Å². The lowest BCUT2D eigenvalue weighted by molar-refractivity contribution is 0.0496. The first-order valence-corrected chi connectivity index (χ1v) is 9.69. The van der Waals surface area contributed by atoms with Gasteiger partial charge in [-0.3, -0.25) is 0 Å². The second kappa shape index (κ2) is 9.93. The first-order valence-electron chi connectivity index (χ1n) is 9.69. The number of carboxylic acid groups (broad SMARTS) is 1. The highest BCUT2D eigenvalue weighted by Gasteiger charge is 2.15. The molecule has 3 N–H and O–H groups in total. The number of carbonyl (C=O) groups excluding carboxylic acids is 1. The number of carboxylic acids is 1. The fraction of sp³-hybridized carbons (Fsp3) is 0.364. The van der Waals surface area contributed by atoms with Gasteiger partial charge in [0.15, 0.2) is 0 Å². The fourth-order valence-corrected chi connectivity index (χ4v) is 3.08. The Hall–Kier alpha value is -3.06. The van der Waals surface area contributed by atoms with Crippen molar-refractivity contribution in [2.75, 3.05) is 25.1 Å². The highest BCUT2D eigenvalue weighted by Crippen LogP contribution is 2.24. The Morgan fingerprint density at radius 1 is 1.14 bits per heavy atom. The average Bonchev–Trinajstić information content (AvgIpc) is 2.73. The van der Waals surface area contributed by atoms with Crippen LogP contribution in [-0.2, 0) is 11.3 Å². The number of amides is 2. The molecule has 0 saturated carbocycles. The van der Waals surface area contributed by atoms with Gasteiger partial charge in [-0.1, -0.05) is 18.2 Å². The zero-order chi connectivity index (χ0) is 20.6. The van der Waals surface area contributed by atoms with Crippen molar-refractivity contribution in [1.29, 1.82) is 0 Å². The van der Waals surface area contributed by atoms with Crippen LogP contribution in [0.15, 0.2) is 42.5 Å². The summed E-state index contributed by atoms with van der Waals surface area (Å²) >= 11 is 0. The van der Waals surface area contributed by atoms with E-state index in [1.54, 1.807) is 12.1 Å². The fourth-order valence-electron chi connectivity index (χ4n) is 3.08. The summed E-state index contributed by atoms with van der Waals surface area (Å²) in [6.07, 6.45) is 2.01. The number of rotatable bonds is 7. The van der Waals surface area contributed by atoms with E-state index in [0.717, 1.165) is 42.9 Å². The number of hydrogen-bond acceptors (Lipinski definition) is 4. The van der Waals surface area contributed by atoms with E-state index in [-0.39, 0.29) is 11.6 Å². The summed E-state index contributed by atoms with van der Waals surface area (Å²) in [5, 5.41) is 14.5. The molecule has 1 fully saturated rings. The van der Waals surface area contributed by atoms with Crippen LogP contribution in [0.25, 0.3) is 0 Å². The largest absolute Gasteiger partial charge is 0.493 e. The number of nitrogens with one attached hydrogen (secondary N) is 2. The van der Waals surface area contributed by atoms with Crippen LogP contribution in [0, 0.1) is 12.8 Å². The molecule has 7 nitrogen and oxygen atoms in total. The predicted molar refractivity (Wildman–Crippen MR) is 109 cm³/mol. The number of aryl methyl sites for hydroxylation is 1. The van der Waals surface area contributed by atoms with Gasteiger partial charge in [-0.2, -0.15) is 0 Å². The summed E-state index contributed by atoms with van der Waals surface area (Å²) in [5.41, 5.74) is 2.69. The first-order chi connectivity index (χ1) is 14.0. The van der Waals surface area contributed by atoms with E-state index in [1.165, 1.54) is 12.1 Å². The molecule has 1 saturated heterocycles. The molecule has 0 spiro atoms. The van der Waals surface area contributed by atoms with Crippen LogP contribution in [0.4, 0.5) is 10.5 Å². The third-order valence-corrected chi connectivity index (χ3v) is 4.92. The predicted octanol–water partition coefficient (Wildman–Crippen LogP) is 3.82. The lowest BCUT2D eigenvalue weighted by Gasteiger charge is -2.22. The zero-order valence-electron chi connectivity index (χ0n) is 16.4. The molecule has 0 atom stereocenters. The molecule has 0 aliphatic carbocycles. The summed E-state index contributed by atoms with van der Waals surface area (Å²) in [5.74, 6) is 0.283. The quantitative estimate of drug-likeness (QED) is 0.659. The second-order valence-electron chi connectivity index (χ2n) is 7.16. The van der Waals surface area contributed by atoms with Gasteiger partial charge in [0.25, 0.3) is 0 Å². The van der Waals surface area contributed by atoms with Crippen LogP contribution in [0.1, 0.15) is 34.3 Å². The molecule has 7 heteroatoms. The van der Waals surface area contributed by atoms with Crippen LogP contribution in [-0.4, -0.2) is 36.9 Å². The number of benzene rings is 2. The Labute approximate surface area is 170 Å². The van der Waals surface area contributed by atoms with Crippen molar-refractivity contribution >= 4 is 17.7 Å². The van der Waals surface area contributed by atoms with E-state index in [2.05, 4.69) is 10.6 Å². The molecule has 154 valence electrons. The van der Waals surface area contributed by atoms with Crippen molar-refractivity contribution in [2.45, 2.75) is 26.3 Å². The van der Waals surface area contributed by atoms with Crippen molar-refractivity contribution in [3.63, 3.8) is 0 Å². The van der Waals surface area contributed by atoms with Crippen LogP contribution in [0.5, 0.6) is 5.75 Å². The molecular formula is C22H26N2O5. The van der Waals surface area contributed by atoms with E-state index in [4.69, 9.17) is 14.6 Å². The number of aromatic carboxylic acids is 1. The van der Waals surface area contributed by atoms with Crippen LogP contribution in [0.2, 0.25) is 0 Å². The topological polar surface area (TPSA) is 96.9 Å². The van der Waals surface area contributed by atoms with Crippen molar-refractivity contribution in [3.05, 3.63) is 59.2 Å². The van der Waals surface area contributed by atoms with Gasteiger partial charge >= 0.3 is 12.0 Å². The van der Waals surface area contributed by atoms with E-state index in [1.807, 2.05) is 25.1 Å². The van der Waals surface area contributed by atoms with Gasteiger partial charge in [0.2, 0.25) is 0 Å². The number of hydrogen-bond donors (Lipinski definition) is 3. The monoisotopic (exact) mass is 398 g/mol. The number of urea groups is 1. The maximum atomic E-state index is 12.2. The summed E-state index contributed by atoms with van der Waals surface area (Å²) in [6.45, 7) is 4.49. The molecule has 3 rings (SSSR count). The summed E-state index contributed by atoms with van der Waals surface area (Å²) < 4.78 is 11.4. The maximum Gasteiger partial charge on any atom is 0.335 e. The molecule has 2 aromatic carbocycles. The van der Waals surface area contributed by atoms with Crippen molar-refractivity contribution < 1.29 is 24.2 Å². The summed E-state index contributed by atoms with van der Waals surface area (Å²) in [6, 6.07) is 11.6. The van der Waals surface area contributed by atoms with Gasteiger partial charge in [-0.25, -0.2) is 9.59 Å². The molecule has 2 amide bonds. The third kappa shape index (κ3) is 6.22. The number of carbonyl (C=O) groups is 2. The van der Waals surface area contributed by atoms with E-state index in [0.29, 0.717) is 24.8 Å². The highest BCUT2D eigenvalue weighted by molar-refractivity contribution is 5.89. The van der Waals surface area contributed by atoms with Crippen LogP contribution < -0.4 is 15.4 Å². The summed E-state index contributed by atoms with van der Waals surface area (Å²) in [7, 11) is 0. The second-order valence-corrected chi connectivity index (χ2v) is 7.16. The lowest BCUT2D eigenvalue weighted by atomic mass is 10.0. The molecule has 2 aromatic rings. The van der Waals surface area contributed by atoms with E-state index >= 15 is 0 Å². The minimum atomic E-state index is -0.975. The molecule has 0 aromatic heterocycles. The standard InChI is InChI=1S/C22H26N2O5/c1-15-2-7-19(12-20(15)29-14-17-8-10-28-11-9-17)24-22(27)23-13-16-3-5-18(6-4-16)21(25)26/h2-7,12,17H,8-11,13-14H2,1H3,(H,25,26)(H2,23,24,27). The van der Waals surface area contributed by atoms with E-state index < -0.39 is 5.97 Å². The minimum absolute atomic E-state index is 0.214. The third-order valence-electron chi connectivity index (χ3n) is 4.92. The van der Waals surface area contributed by atoms with Gasteiger partial charge < -0.3 is 25.2 Å². The van der Waals surface area contributed by atoms with Crippen molar-refractivity contribution in [3.8, 4) is 5.75 Å². The Kier molecular flexibility index (Phi) is 7.08. The molecule has 1 aliphatic rings. The van der Waals surface area contributed by atoms with Gasteiger partial charge in [0, 0.05) is 31.5 Å². The molecule has 1 aliphatic heterocycles. The Balaban J connectivity index is 1.50. The van der Waals surface area contributed by atoms with Crippen molar-refractivity contribution in [1.82, 2.24) is 5.32 Å². The van der Waals surface area contributed by atoms with Crippen molar-refractivity contribution in [2.24, 2.45) is 5.92 Å². The van der Waals surface area contributed by atoms with Gasteiger partial charge in [0.1, 0.15) is 5.75 Å². The smallest absolute Gasteiger partial charge is 0.335 e. The molecule has 0 radical (unpaired) electrons. The van der Waals surface area contributed by atoms with Crippen LogP contribution in [0.3, 0.4) is 0 Å². The molecular weight excluding hydrogens is 372 g/mol. The zero-order valence-corrected chi connectivity index (χ0v) is 16.4. The lowest BCUT2D eigenvalue weighted by Crippen LogP contribution is -2.28. The molecule has 0 bridgehead atoms. The Bertz CT molecular complexity index is 845. The molecule has 0 unspecified atom stereocenters. The Morgan fingerprint density at radius 3 is 2.55 bits per heavy atom. The van der Waals surface area contributed by atoms with E-state index in [9.17, 15) is 9.59 Å². The number of anilines is 1. The van der Waals surface area contributed by atoms with Gasteiger partial charge in [-0.15, -0.1) is 0 Å². The SMILES string of the molecule is Cc1ccc(NC(=O)NCc2ccc(C(=O)O)cc2)cc1OCC1CCOCC1. The average molecular weight is 398 g/mol. The maximum absolute atomic E-state index is 12.2. The highest BCUT2D eigenvalue weighted by atomic mass is 16.5. The van der Waals surface area contributed by atoms with Gasteiger partial charge in [0.05, 0.1) is 12.2 Å². The molecule has 1 heterocycles. The molecule has 29 heavy (non-hydrogen) atoms. The Morgan fingerprint density at radius 2 is 1.86 bits per heavy atom.